The molecule has 0 radical (unpaired) electrons. The lowest BCUT2D eigenvalue weighted by Gasteiger charge is -2.17. The zero-order valence-corrected chi connectivity index (χ0v) is 17.2. The number of nitro benzene ring substituents is 1. The molecule has 1 N–H and O–H groups in total. The van der Waals surface area contributed by atoms with Gasteiger partial charge in [0.25, 0.3) is 5.69 Å². The Morgan fingerprint density at radius 3 is 2.93 bits per heavy atom. The Labute approximate surface area is 177 Å². The summed E-state index contributed by atoms with van der Waals surface area (Å²) in [6.45, 7) is 1.26. The van der Waals surface area contributed by atoms with E-state index in [-0.39, 0.29) is 34.8 Å². The van der Waals surface area contributed by atoms with Gasteiger partial charge in [-0.05, 0) is 38.2 Å². The number of anilines is 1. The Morgan fingerprint density at radius 2 is 2.17 bits per heavy atom. The van der Waals surface area contributed by atoms with Crippen molar-refractivity contribution in [2.24, 2.45) is 0 Å². The van der Waals surface area contributed by atoms with Crippen molar-refractivity contribution >= 4 is 29.0 Å². The number of thioether (sulfide) groups is 1. The van der Waals surface area contributed by atoms with E-state index in [2.05, 4.69) is 10.3 Å². The molecule has 0 bridgehead atoms. The van der Waals surface area contributed by atoms with E-state index < -0.39 is 4.92 Å². The number of ether oxygens (including phenoxy) is 1. The van der Waals surface area contributed by atoms with Crippen molar-refractivity contribution in [2.75, 3.05) is 17.7 Å². The minimum atomic E-state index is -0.537. The molecular weight excluding hydrogens is 408 g/mol. The van der Waals surface area contributed by atoms with Crippen molar-refractivity contribution in [2.45, 2.75) is 49.8 Å². The van der Waals surface area contributed by atoms with Crippen molar-refractivity contribution in [3.63, 3.8) is 0 Å². The minimum absolute atomic E-state index is 0.0146. The van der Waals surface area contributed by atoms with E-state index in [4.69, 9.17) is 4.74 Å². The summed E-state index contributed by atoms with van der Waals surface area (Å²) in [7, 11) is 0. The highest BCUT2D eigenvalue weighted by atomic mass is 32.2. The number of nitrogens with zero attached hydrogens (tertiary/aromatic N) is 3. The van der Waals surface area contributed by atoms with Gasteiger partial charge in [0.15, 0.2) is 0 Å². The molecule has 1 fully saturated rings. The van der Waals surface area contributed by atoms with E-state index in [9.17, 15) is 19.7 Å². The fraction of sp³-hybridized carbons (Fsp3) is 0.450. The Balaban J connectivity index is 1.47. The van der Waals surface area contributed by atoms with E-state index in [0.717, 1.165) is 50.0 Å². The molecule has 30 heavy (non-hydrogen) atoms. The number of hydrogen-bond donors (Lipinski definition) is 1. The maximum absolute atomic E-state index is 12.7. The summed E-state index contributed by atoms with van der Waals surface area (Å²) in [5, 5.41) is 14.2. The smallest absolute Gasteiger partial charge is 0.348 e. The van der Waals surface area contributed by atoms with Gasteiger partial charge < -0.3 is 10.1 Å². The Kier molecular flexibility index (Phi) is 6.14. The molecular formula is C20H22N4O5S. The van der Waals surface area contributed by atoms with E-state index in [1.54, 1.807) is 16.7 Å². The lowest BCUT2D eigenvalue weighted by molar-refractivity contribution is -0.383. The highest BCUT2D eigenvalue weighted by molar-refractivity contribution is 8.00. The van der Waals surface area contributed by atoms with Crippen LogP contribution in [0.2, 0.25) is 0 Å². The second-order valence-corrected chi connectivity index (χ2v) is 8.30. The lowest BCUT2D eigenvalue weighted by Crippen LogP contribution is -2.31. The predicted octanol–water partition coefficient (Wildman–Crippen LogP) is 2.55. The average molecular weight is 430 g/mol. The number of hydrogen-bond acceptors (Lipinski definition) is 7. The van der Waals surface area contributed by atoms with Crippen molar-refractivity contribution in [3.8, 4) is 0 Å². The van der Waals surface area contributed by atoms with E-state index in [0.29, 0.717) is 11.6 Å². The number of fused-ring (bicyclic) bond motifs is 1. The number of amides is 1. The number of para-hydroxylation sites is 2. The van der Waals surface area contributed by atoms with Gasteiger partial charge >= 0.3 is 5.69 Å². The molecule has 1 atom stereocenters. The molecule has 158 valence electrons. The van der Waals surface area contributed by atoms with Crippen LogP contribution in [0.15, 0.2) is 34.1 Å². The molecule has 2 aromatic rings. The van der Waals surface area contributed by atoms with Gasteiger partial charge in [-0.1, -0.05) is 23.9 Å². The maximum Gasteiger partial charge on any atom is 0.348 e. The van der Waals surface area contributed by atoms with Crippen LogP contribution in [0.3, 0.4) is 0 Å². The van der Waals surface area contributed by atoms with E-state index in [1.165, 1.54) is 23.9 Å². The highest BCUT2D eigenvalue weighted by Gasteiger charge is 2.25. The summed E-state index contributed by atoms with van der Waals surface area (Å²) in [6.07, 6.45) is 4.60. The summed E-state index contributed by atoms with van der Waals surface area (Å²) in [4.78, 5) is 39.8. The monoisotopic (exact) mass is 430 g/mol. The molecule has 1 aromatic carbocycles. The SMILES string of the molecule is O=C(CSc1nc(=O)n(C[C@@H]2CCCO2)c2c1CCC2)Nc1ccccc1[N+](=O)[O-]. The zero-order chi connectivity index (χ0) is 21.1. The summed E-state index contributed by atoms with van der Waals surface area (Å²) >= 11 is 1.20. The summed E-state index contributed by atoms with van der Waals surface area (Å²) in [5.41, 5.74) is 1.70. The van der Waals surface area contributed by atoms with Crippen LogP contribution >= 0.6 is 11.8 Å². The van der Waals surface area contributed by atoms with Crippen LogP contribution in [0.1, 0.15) is 30.5 Å². The standard InChI is InChI=1S/C20H22N4O5S/c25-18(21-15-7-1-2-8-17(15)24(27)28)12-30-19-14-6-3-9-16(14)23(20(26)22-19)11-13-5-4-10-29-13/h1-2,7-8,13H,3-6,9-12H2,(H,21,25)/t13-/m0/s1. The second-order valence-electron chi connectivity index (χ2n) is 7.34. The molecule has 1 amide bonds. The first-order valence-electron chi connectivity index (χ1n) is 9.93. The first-order valence-corrected chi connectivity index (χ1v) is 10.9. The summed E-state index contributed by atoms with van der Waals surface area (Å²) in [6, 6.07) is 5.99. The number of carbonyl (C=O) groups is 1. The second kappa shape index (κ2) is 8.97. The zero-order valence-electron chi connectivity index (χ0n) is 16.3. The largest absolute Gasteiger partial charge is 0.376 e. The number of nitrogens with one attached hydrogen (secondary N) is 1. The normalized spacial score (nSPS) is 17.7. The number of aromatic nitrogens is 2. The lowest BCUT2D eigenvalue weighted by atomic mass is 10.2. The number of benzene rings is 1. The molecule has 0 spiro atoms. The van der Waals surface area contributed by atoms with Crippen LogP contribution in [0.5, 0.6) is 0 Å². The fourth-order valence-electron chi connectivity index (χ4n) is 3.94. The third kappa shape index (κ3) is 4.39. The molecule has 1 aliphatic heterocycles. The molecule has 4 rings (SSSR count). The fourth-order valence-corrected chi connectivity index (χ4v) is 4.82. The highest BCUT2D eigenvalue weighted by Crippen LogP contribution is 2.30. The van der Waals surface area contributed by atoms with E-state index >= 15 is 0 Å². The molecule has 9 nitrogen and oxygen atoms in total. The Bertz CT molecular complexity index is 1030. The van der Waals surface area contributed by atoms with Gasteiger partial charge in [0.2, 0.25) is 5.91 Å². The van der Waals surface area contributed by atoms with Gasteiger partial charge in [-0.15, -0.1) is 0 Å². The van der Waals surface area contributed by atoms with Crippen molar-refractivity contribution in [1.29, 1.82) is 0 Å². The number of carbonyl (C=O) groups excluding carboxylic acids is 1. The van der Waals surface area contributed by atoms with Crippen molar-refractivity contribution in [3.05, 3.63) is 56.1 Å². The summed E-state index contributed by atoms with van der Waals surface area (Å²) < 4.78 is 7.40. The van der Waals surface area contributed by atoms with Gasteiger partial charge in [0, 0.05) is 23.9 Å². The molecule has 1 aromatic heterocycles. The number of nitro groups is 1. The van der Waals surface area contributed by atoms with Crippen LogP contribution in [0.4, 0.5) is 11.4 Å². The molecule has 1 saturated heterocycles. The molecule has 1 aliphatic carbocycles. The van der Waals surface area contributed by atoms with Crippen LogP contribution in [-0.4, -0.2) is 38.8 Å². The molecule has 0 saturated carbocycles. The van der Waals surface area contributed by atoms with Crippen LogP contribution in [0.25, 0.3) is 0 Å². The quantitative estimate of drug-likeness (QED) is 0.310. The van der Waals surface area contributed by atoms with Gasteiger partial charge in [0.05, 0.1) is 23.3 Å². The summed E-state index contributed by atoms with van der Waals surface area (Å²) in [5.74, 6) is -0.368. The molecule has 2 aliphatic rings. The number of rotatable bonds is 7. The van der Waals surface area contributed by atoms with Crippen LogP contribution < -0.4 is 11.0 Å². The third-order valence-electron chi connectivity index (χ3n) is 5.33. The molecule has 2 heterocycles. The van der Waals surface area contributed by atoms with Crippen molar-refractivity contribution < 1.29 is 14.5 Å². The molecule has 0 unspecified atom stereocenters. The topological polar surface area (TPSA) is 116 Å². The van der Waals surface area contributed by atoms with E-state index in [1.807, 2.05) is 0 Å². The third-order valence-corrected chi connectivity index (χ3v) is 6.34. The van der Waals surface area contributed by atoms with Gasteiger partial charge in [0.1, 0.15) is 10.7 Å². The van der Waals surface area contributed by atoms with Gasteiger partial charge in [-0.3, -0.25) is 19.5 Å². The average Bonchev–Trinajstić information content (AvgIpc) is 3.41. The van der Waals surface area contributed by atoms with Gasteiger partial charge in [-0.25, -0.2) is 4.79 Å². The molecule has 10 heteroatoms. The Hall–Kier alpha value is -2.72. The van der Waals surface area contributed by atoms with Crippen LogP contribution in [-0.2, 0) is 28.9 Å². The first kappa shape index (κ1) is 20.5. The maximum atomic E-state index is 12.7. The van der Waals surface area contributed by atoms with Gasteiger partial charge in [-0.2, -0.15) is 4.98 Å². The first-order chi connectivity index (χ1) is 14.5. The Morgan fingerprint density at radius 1 is 1.33 bits per heavy atom. The van der Waals surface area contributed by atoms with Crippen LogP contribution in [0, 0.1) is 10.1 Å². The predicted molar refractivity (Wildman–Crippen MR) is 112 cm³/mol. The minimum Gasteiger partial charge on any atom is -0.376 e. The van der Waals surface area contributed by atoms with Crippen molar-refractivity contribution in [1.82, 2.24) is 9.55 Å².